The Bertz CT molecular complexity index is 307. The van der Waals surface area contributed by atoms with Gasteiger partial charge in [-0.25, -0.2) is 0 Å². The maximum absolute atomic E-state index is 11.9. The Labute approximate surface area is 117 Å². The van der Waals surface area contributed by atoms with Crippen molar-refractivity contribution in [3.05, 3.63) is 0 Å². The Morgan fingerprint density at radius 2 is 1.95 bits per heavy atom. The Morgan fingerprint density at radius 3 is 2.37 bits per heavy atom. The van der Waals surface area contributed by atoms with Gasteiger partial charge in [0.25, 0.3) is 0 Å². The fraction of sp³-hybridized carbons (Fsp3) is 0.933. The van der Waals surface area contributed by atoms with E-state index in [2.05, 4.69) is 31.0 Å². The fourth-order valence-corrected chi connectivity index (χ4v) is 2.80. The first-order valence-electron chi connectivity index (χ1n) is 7.25. The molecule has 1 fully saturated rings. The molecule has 0 spiro atoms. The maximum Gasteiger partial charge on any atom is 0.325 e. The lowest BCUT2D eigenvalue weighted by atomic mass is 9.81. The summed E-state index contributed by atoms with van der Waals surface area (Å²) in [5, 5.41) is 3.11. The number of hydrogen-bond donors (Lipinski definition) is 1. The van der Waals surface area contributed by atoms with Gasteiger partial charge in [0.15, 0.2) is 0 Å². The number of carbonyl (C=O) groups excluding carboxylic acids is 1. The van der Waals surface area contributed by atoms with Gasteiger partial charge in [-0.2, -0.15) is 0 Å². The molecule has 0 amide bonds. The van der Waals surface area contributed by atoms with Gasteiger partial charge in [0, 0.05) is 6.04 Å². The summed E-state index contributed by atoms with van der Waals surface area (Å²) in [6.45, 7) is 11.0. The smallest absolute Gasteiger partial charge is 0.325 e. The highest BCUT2D eigenvalue weighted by molar-refractivity contribution is 5.80. The second-order valence-electron chi connectivity index (χ2n) is 6.83. The van der Waals surface area contributed by atoms with Crippen LogP contribution in [-0.2, 0) is 9.53 Å². The molecule has 1 heterocycles. The SMILES string of the molecule is CNC(C)(CC(C)N1CCC(C)(C)CC1)C(=O)OC. The van der Waals surface area contributed by atoms with Crippen molar-refractivity contribution in [2.24, 2.45) is 5.41 Å². The monoisotopic (exact) mass is 270 g/mol. The normalized spacial score (nSPS) is 24.5. The van der Waals surface area contributed by atoms with Gasteiger partial charge in [-0.15, -0.1) is 0 Å². The summed E-state index contributed by atoms with van der Waals surface area (Å²) in [5.74, 6) is -0.181. The lowest BCUT2D eigenvalue weighted by molar-refractivity contribution is -0.148. The third-order valence-corrected chi connectivity index (χ3v) is 4.67. The van der Waals surface area contributed by atoms with Crippen molar-refractivity contribution in [1.29, 1.82) is 0 Å². The summed E-state index contributed by atoms with van der Waals surface area (Å²) in [4.78, 5) is 14.4. The zero-order valence-electron chi connectivity index (χ0n) is 13.4. The highest BCUT2D eigenvalue weighted by Crippen LogP contribution is 2.31. The van der Waals surface area contributed by atoms with Crippen molar-refractivity contribution < 1.29 is 9.53 Å². The minimum absolute atomic E-state index is 0.181. The van der Waals surface area contributed by atoms with Gasteiger partial charge < -0.3 is 15.0 Å². The molecule has 19 heavy (non-hydrogen) atoms. The van der Waals surface area contributed by atoms with Gasteiger partial charge in [0.2, 0.25) is 0 Å². The molecule has 0 saturated carbocycles. The van der Waals surface area contributed by atoms with Crippen LogP contribution < -0.4 is 5.32 Å². The predicted molar refractivity (Wildman–Crippen MR) is 78.1 cm³/mol. The molecule has 2 atom stereocenters. The molecule has 1 aliphatic rings. The van der Waals surface area contributed by atoms with Crippen LogP contribution in [0.2, 0.25) is 0 Å². The molecule has 0 aromatic rings. The van der Waals surface area contributed by atoms with Crippen LogP contribution >= 0.6 is 0 Å². The lowest BCUT2D eigenvalue weighted by Gasteiger charge is -2.42. The number of methoxy groups -OCH3 is 1. The van der Waals surface area contributed by atoms with Crippen LogP contribution in [0.3, 0.4) is 0 Å². The predicted octanol–water partition coefficient (Wildman–Crippen LogP) is 2.04. The van der Waals surface area contributed by atoms with Crippen LogP contribution in [0, 0.1) is 5.41 Å². The maximum atomic E-state index is 11.9. The van der Waals surface area contributed by atoms with Gasteiger partial charge in [-0.05, 0) is 58.7 Å². The molecule has 0 aliphatic carbocycles. The molecule has 1 saturated heterocycles. The lowest BCUT2D eigenvalue weighted by Crippen LogP contribution is -2.53. The van der Waals surface area contributed by atoms with Crippen LogP contribution in [-0.4, -0.2) is 49.7 Å². The van der Waals surface area contributed by atoms with Crippen molar-refractivity contribution >= 4 is 5.97 Å². The first kappa shape index (κ1) is 16.4. The number of nitrogens with one attached hydrogen (secondary N) is 1. The molecule has 1 aliphatic heterocycles. The third kappa shape index (κ3) is 4.18. The Hall–Kier alpha value is -0.610. The molecule has 0 bridgehead atoms. The summed E-state index contributed by atoms with van der Waals surface area (Å²) in [6, 6.07) is 0.382. The number of esters is 1. The van der Waals surface area contributed by atoms with Crippen LogP contribution in [0.5, 0.6) is 0 Å². The average molecular weight is 270 g/mol. The van der Waals surface area contributed by atoms with E-state index in [1.165, 1.54) is 20.0 Å². The van der Waals surface area contributed by atoms with Crippen LogP contribution in [0.15, 0.2) is 0 Å². The van der Waals surface area contributed by atoms with E-state index in [1.54, 1.807) is 0 Å². The quantitative estimate of drug-likeness (QED) is 0.776. The molecule has 0 radical (unpaired) electrons. The van der Waals surface area contributed by atoms with Gasteiger partial charge in [0.1, 0.15) is 5.54 Å². The van der Waals surface area contributed by atoms with Gasteiger partial charge in [-0.1, -0.05) is 13.8 Å². The summed E-state index contributed by atoms with van der Waals surface area (Å²) in [7, 11) is 3.27. The van der Waals surface area contributed by atoms with Crippen molar-refractivity contribution in [1.82, 2.24) is 10.2 Å². The van der Waals surface area contributed by atoms with Crippen LogP contribution in [0.25, 0.3) is 0 Å². The molecule has 2 unspecified atom stereocenters. The van der Waals surface area contributed by atoms with Crippen molar-refractivity contribution in [3.8, 4) is 0 Å². The number of hydrogen-bond acceptors (Lipinski definition) is 4. The number of likely N-dealkylation sites (tertiary alicyclic amines) is 1. The van der Waals surface area contributed by atoms with Crippen molar-refractivity contribution in [2.45, 2.75) is 58.5 Å². The van der Waals surface area contributed by atoms with E-state index in [0.29, 0.717) is 11.5 Å². The van der Waals surface area contributed by atoms with E-state index in [1.807, 2.05) is 14.0 Å². The summed E-state index contributed by atoms with van der Waals surface area (Å²) >= 11 is 0. The van der Waals surface area contributed by atoms with Gasteiger partial charge >= 0.3 is 5.97 Å². The number of carbonyl (C=O) groups is 1. The molecule has 0 aromatic heterocycles. The molecule has 4 nitrogen and oxygen atoms in total. The van der Waals surface area contributed by atoms with E-state index < -0.39 is 5.54 Å². The van der Waals surface area contributed by atoms with E-state index in [0.717, 1.165) is 19.5 Å². The van der Waals surface area contributed by atoms with E-state index in [4.69, 9.17) is 4.74 Å². The summed E-state index contributed by atoms with van der Waals surface area (Å²) < 4.78 is 4.91. The highest BCUT2D eigenvalue weighted by atomic mass is 16.5. The van der Waals surface area contributed by atoms with Crippen molar-refractivity contribution in [2.75, 3.05) is 27.2 Å². The summed E-state index contributed by atoms with van der Waals surface area (Å²) in [6.07, 6.45) is 3.23. The molecule has 1 N–H and O–H groups in total. The van der Waals surface area contributed by atoms with Crippen molar-refractivity contribution in [3.63, 3.8) is 0 Å². The van der Waals surface area contributed by atoms with Gasteiger partial charge in [0.05, 0.1) is 7.11 Å². The number of likely N-dealkylation sites (N-methyl/N-ethyl adjacent to an activating group) is 1. The zero-order valence-corrected chi connectivity index (χ0v) is 13.4. The minimum atomic E-state index is -0.596. The topological polar surface area (TPSA) is 41.6 Å². The Kier molecular flexibility index (Phi) is 5.39. The van der Waals surface area contributed by atoms with Gasteiger partial charge in [-0.3, -0.25) is 4.79 Å². The number of nitrogens with zero attached hydrogens (tertiary/aromatic N) is 1. The number of piperidine rings is 1. The molecular formula is C15H30N2O2. The number of rotatable bonds is 5. The standard InChI is InChI=1S/C15H30N2O2/c1-12(11-15(4,16-5)13(18)19-6)17-9-7-14(2,3)8-10-17/h12,16H,7-11H2,1-6H3. The molecule has 4 heteroatoms. The molecular weight excluding hydrogens is 240 g/mol. The first-order valence-corrected chi connectivity index (χ1v) is 7.25. The van der Waals surface area contributed by atoms with Crippen LogP contribution in [0.4, 0.5) is 0 Å². The Balaban J connectivity index is 2.59. The summed E-state index contributed by atoms with van der Waals surface area (Å²) in [5.41, 5.74) is -0.133. The second-order valence-corrected chi connectivity index (χ2v) is 6.83. The zero-order chi connectivity index (χ0) is 14.7. The Morgan fingerprint density at radius 1 is 1.42 bits per heavy atom. The molecule has 0 aromatic carbocycles. The number of ether oxygens (including phenoxy) is 1. The first-order chi connectivity index (χ1) is 8.74. The average Bonchev–Trinajstić information content (AvgIpc) is 2.37. The van der Waals surface area contributed by atoms with E-state index in [-0.39, 0.29) is 5.97 Å². The minimum Gasteiger partial charge on any atom is -0.468 e. The molecule has 1 rings (SSSR count). The van der Waals surface area contributed by atoms with Crippen LogP contribution in [0.1, 0.15) is 47.0 Å². The van der Waals surface area contributed by atoms with E-state index in [9.17, 15) is 4.79 Å². The largest absolute Gasteiger partial charge is 0.468 e. The van der Waals surface area contributed by atoms with E-state index >= 15 is 0 Å². The fourth-order valence-electron chi connectivity index (χ4n) is 2.80. The third-order valence-electron chi connectivity index (χ3n) is 4.67. The highest BCUT2D eigenvalue weighted by Gasteiger charge is 2.37. The molecule has 112 valence electrons. The second kappa shape index (κ2) is 6.23.